The Labute approximate surface area is 219 Å². The van der Waals surface area contributed by atoms with Crippen LogP contribution in [0, 0.1) is 0 Å². The summed E-state index contributed by atoms with van der Waals surface area (Å²) in [7, 11) is -3.56. The molecular weight excluding hydrogens is 518 g/mol. The van der Waals surface area contributed by atoms with Crippen molar-refractivity contribution in [1.82, 2.24) is 10.6 Å². The fourth-order valence-electron chi connectivity index (χ4n) is 4.19. The minimum absolute atomic E-state index is 0.0311. The van der Waals surface area contributed by atoms with Crippen LogP contribution in [0.5, 0.6) is 5.75 Å². The molecule has 37 heavy (non-hydrogen) atoms. The quantitative estimate of drug-likeness (QED) is 0.126. The molecule has 0 bridgehead atoms. The SMILES string of the molecule is CS(=O)(=O)Nc1cc([C@@H](O)CNC2CCN(c3ccc(/C=C4\S/C(=N\O)NC4=O)cc3)CC2)ccc1O. The third kappa shape index (κ3) is 7.16. The van der Waals surface area contributed by atoms with Crippen molar-refractivity contribution in [3.63, 3.8) is 0 Å². The number of nitrogens with zero attached hydrogens (tertiary/aromatic N) is 2. The van der Waals surface area contributed by atoms with E-state index in [1.54, 1.807) is 12.1 Å². The van der Waals surface area contributed by atoms with Gasteiger partial charge in [-0.15, -0.1) is 0 Å². The average molecular weight is 548 g/mol. The lowest BCUT2D eigenvalue weighted by atomic mass is 10.0. The van der Waals surface area contributed by atoms with Gasteiger partial charge in [0.1, 0.15) is 5.75 Å². The van der Waals surface area contributed by atoms with Crippen LogP contribution in [-0.2, 0) is 14.8 Å². The normalized spacial score (nSPS) is 19.8. The fourth-order valence-corrected chi connectivity index (χ4v) is 5.48. The molecule has 1 atom stereocenters. The Morgan fingerprint density at radius 1 is 1.22 bits per heavy atom. The van der Waals surface area contributed by atoms with Gasteiger partial charge in [-0.2, -0.15) is 0 Å². The van der Waals surface area contributed by atoms with Gasteiger partial charge in [-0.1, -0.05) is 23.4 Å². The number of aliphatic hydroxyl groups is 1. The van der Waals surface area contributed by atoms with E-state index in [4.69, 9.17) is 5.21 Å². The third-order valence-electron chi connectivity index (χ3n) is 6.09. The number of carbonyl (C=O) groups is 1. The molecule has 2 aromatic carbocycles. The number of oxime groups is 1. The molecule has 2 heterocycles. The first-order chi connectivity index (χ1) is 17.6. The molecule has 2 aliphatic heterocycles. The van der Waals surface area contributed by atoms with E-state index in [9.17, 15) is 23.4 Å². The summed E-state index contributed by atoms with van der Waals surface area (Å²) in [6, 6.07) is 12.5. The van der Waals surface area contributed by atoms with Gasteiger partial charge in [-0.3, -0.25) is 14.8 Å². The molecule has 198 valence electrons. The van der Waals surface area contributed by atoms with E-state index in [0.717, 1.165) is 55.2 Å². The third-order valence-corrected chi connectivity index (χ3v) is 7.58. The van der Waals surface area contributed by atoms with Gasteiger partial charge in [0.2, 0.25) is 15.2 Å². The maximum absolute atomic E-state index is 11.9. The first-order valence-corrected chi connectivity index (χ1v) is 14.3. The molecule has 0 radical (unpaired) electrons. The molecule has 1 amide bonds. The summed E-state index contributed by atoms with van der Waals surface area (Å²) in [4.78, 5) is 14.6. The number of hydrogen-bond acceptors (Lipinski definition) is 10. The van der Waals surface area contributed by atoms with Crippen LogP contribution in [0.1, 0.15) is 30.1 Å². The van der Waals surface area contributed by atoms with E-state index in [1.807, 2.05) is 24.3 Å². The minimum Gasteiger partial charge on any atom is -0.506 e. The van der Waals surface area contributed by atoms with E-state index in [0.29, 0.717) is 17.0 Å². The Morgan fingerprint density at radius 2 is 1.92 bits per heavy atom. The van der Waals surface area contributed by atoms with Gasteiger partial charge in [-0.25, -0.2) is 8.42 Å². The maximum Gasteiger partial charge on any atom is 0.264 e. The molecule has 2 fully saturated rings. The summed E-state index contributed by atoms with van der Waals surface area (Å²) in [5.74, 6) is -0.502. The number of carbonyl (C=O) groups excluding carboxylic acids is 1. The zero-order chi connectivity index (χ0) is 26.6. The van der Waals surface area contributed by atoms with E-state index >= 15 is 0 Å². The monoisotopic (exact) mass is 547 g/mol. The summed E-state index contributed by atoms with van der Waals surface area (Å²) in [5, 5.41) is 38.3. The fraction of sp³-hybridized carbons (Fsp3) is 0.333. The van der Waals surface area contributed by atoms with Crippen molar-refractivity contribution < 1.29 is 28.6 Å². The second-order valence-corrected chi connectivity index (χ2v) is 11.7. The number of amidine groups is 1. The number of amides is 1. The van der Waals surface area contributed by atoms with Crippen molar-refractivity contribution in [3.8, 4) is 5.75 Å². The Kier molecular flexibility index (Phi) is 8.27. The number of anilines is 2. The molecule has 0 unspecified atom stereocenters. The number of piperidine rings is 1. The number of hydrogen-bond donors (Lipinski definition) is 6. The predicted molar refractivity (Wildman–Crippen MR) is 144 cm³/mol. The number of phenols is 1. The second-order valence-electron chi connectivity index (χ2n) is 8.90. The van der Waals surface area contributed by atoms with Gasteiger partial charge in [0.05, 0.1) is 23.0 Å². The molecule has 13 heteroatoms. The Bertz CT molecular complexity index is 1310. The molecule has 0 aromatic heterocycles. The number of rotatable bonds is 8. The standard InChI is InChI=1S/C24H29N5O6S2/c1-37(34,35)28-19-13-16(4-7-20(19)30)21(31)14-25-17-8-10-29(11-9-17)18-5-2-15(3-6-18)12-22-23(32)26-24(27-33)36-22/h2-7,12-13,17,21,25,28,30-31,33H,8-11,14H2,1H3,(H,26,27,32)/b22-12-/t21-/m0/s1. The highest BCUT2D eigenvalue weighted by molar-refractivity contribution is 8.18. The highest BCUT2D eigenvalue weighted by Crippen LogP contribution is 2.29. The lowest BCUT2D eigenvalue weighted by Gasteiger charge is -2.34. The zero-order valence-electron chi connectivity index (χ0n) is 20.1. The number of aliphatic hydroxyl groups excluding tert-OH is 1. The summed E-state index contributed by atoms with van der Waals surface area (Å²) < 4.78 is 25.2. The summed E-state index contributed by atoms with van der Waals surface area (Å²) in [6.07, 6.45) is 3.65. The second kappa shape index (κ2) is 11.4. The van der Waals surface area contributed by atoms with Crippen LogP contribution in [-0.4, -0.2) is 66.8 Å². The van der Waals surface area contributed by atoms with Gasteiger partial charge < -0.3 is 25.6 Å². The first-order valence-electron chi connectivity index (χ1n) is 11.6. The highest BCUT2D eigenvalue weighted by Gasteiger charge is 2.24. The van der Waals surface area contributed by atoms with Crippen molar-refractivity contribution >= 4 is 50.3 Å². The Balaban J connectivity index is 1.27. The summed E-state index contributed by atoms with van der Waals surface area (Å²) >= 11 is 1.08. The summed E-state index contributed by atoms with van der Waals surface area (Å²) in [5.41, 5.74) is 2.48. The number of aromatic hydroxyl groups is 1. The number of nitrogens with one attached hydrogen (secondary N) is 3. The molecular formula is C24H29N5O6S2. The van der Waals surface area contributed by atoms with Gasteiger partial charge >= 0.3 is 0 Å². The first kappa shape index (κ1) is 26.8. The van der Waals surface area contributed by atoms with Crippen molar-refractivity contribution in [1.29, 1.82) is 0 Å². The number of phenolic OH excluding ortho intramolecular Hbond substituents is 1. The smallest absolute Gasteiger partial charge is 0.264 e. The molecule has 0 spiro atoms. The van der Waals surface area contributed by atoms with Crippen molar-refractivity contribution in [3.05, 3.63) is 58.5 Å². The van der Waals surface area contributed by atoms with Crippen molar-refractivity contribution in [2.24, 2.45) is 5.16 Å². The zero-order valence-corrected chi connectivity index (χ0v) is 21.7. The molecule has 2 saturated heterocycles. The van der Waals surface area contributed by atoms with Crippen LogP contribution in [0.3, 0.4) is 0 Å². The lowest BCUT2D eigenvalue weighted by Crippen LogP contribution is -2.43. The van der Waals surface area contributed by atoms with Crippen LogP contribution in [0.25, 0.3) is 6.08 Å². The van der Waals surface area contributed by atoms with Gasteiger partial charge in [0.15, 0.2) is 0 Å². The lowest BCUT2D eigenvalue weighted by molar-refractivity contribution is -0.115. The van der Waals surface area contributed by atoms with Crippen LogP contribution < -0.4 is 20.3 Å². The van der Waals surface area contributed by atoms with Crippen molar-refractivity contribution in [2.75, 3.05) is 35.5 Å². The topological polar surface area (TPSA) is 164 Å². The van der Waals surface area contributed by atoms with Crippen LogP contribution in [0.2, 0.25) is 0 Å². The van der Waals surface area contributed by atoms with E-state index in [-0.39, 0.29) is 28.6 Å². The highest BCUT2D eigenvalue weighted by atomic mass is 32.2. The van der Waals surface area contributed by atoms with E-state index in [1.165, 1.54) is 12.1 Å². The molecule has 2 aliphatic rings. The average Bonchev–Trinajstić information content (AvgIpc) is 3.23. The molecule has 2 aromatic rings. The molecule has 0 aliphatic carbocycles. The van der Waals surface area contributed by atoms with E-state index < -0.39 is 16.1 Å². The van der Waals surface area contributed by atoms with Crippen molar-refractivity contribution in [2.45, 2.75) is 25.0 Å². The summed E-state index contributed by atoms with van der Waals surface area (Å²) in [6.45, 7) is 1.97. The Morgan fingerprint density at radius 3 is 2.54 bits per heavy atom. The van der Waals surface area contributed by atoms with E-state index in [2.05, 4.69) is 25.4 Å². The van der Waals surface area contributed by atoms with Crippen LogP contribution in [0.4, 0.5) is 11.4 Å². The largest absolute Gasteiger partial charge is 0.506 e. The molecule has 0 saturated carbocycles. The molecule has 11 nitrogen and oxygen atoms in total. The number of benzene rings is 2. The van der Waals surface area contributed by atoms with Gasteiger partial charge in [0.25, 0.3) is 5.91 Å². The number of sulfonamides is 1. The molecule has 4 rings (SSSR count). The predicted octanol–water partition coefficient (Wildman–Crippen LogP) is 2.00. The minimum atomic E-state index is -3.56. The van der Waals surface area contributed by atoms with Crippen LogP contribution in [0.15, 0.2) is 52.5 Å². The number of thioether (sulfide) groups is 1. The molecule has 6 N–H and O–H groups in total. The van der Waals surface area contributed by atoms with Crippen LogP contribution >= 0.6 is 11.8 Å². The van der Waals surface area contributed by atoms with Gasteiger partial charge in [0, 0.05) is 31.4 Å². The van der Waals surface area contributed by atoms with Gasteiger partial charge in [-0.05, 0) is 66.1 Å². The maximum atomic E-state index is 11.9. The Hall–Kier alpha value is -3.26.